The molecule has 2 aromatic carbocycles. The molecule has 0 aliphatic carbocycles. The van der Waals surface area contributed by atoms with E-state index in [2.05, 4.69) is 20.5 Å². The van der Waals surface area contributed by atoms with Gasteiger partial charge in [-0.15, -0.1) is 0 Å². The van der Waals surface area contributed by atoms with Gasteiger partial charge in [0.25, 0.3) is 5.79 Å². The number of para-hydroxylation sites is 1. The molecule has 44 heavy (non-hydrogen) atoms. The molecule has 12 heteroatoms. The molecule has 2 unspecified atom stereocenters. The van der Waals surface area contributed by atoms with Crippen molar-refractivity contribution >= 4 is 17.6 Å². The number of likely N-dealkylation sites (tertiary alicyclic amines) is 1. The second-order valence-corrected chi connectivity index (χ2v) is 12.1. The van der Waals surface area contributed by atoms with Crippen LogP contribution in [0, 0.1) is 12.7 Å². The fourth-order valence-corrected chi connectivity index (χ4v) is 6.47. The van der Waals surface area contributed by atoms with E-state index in [1.807, 2.05) is 19.1 Å². The van der Waals surface area contributed by atoms with Crippen LogP contribution in [0.25, 0.3) is 11.6 Å². The van der Waals surface area contributed by atoms with Crippen LogP contribution in [0.5, 0.6) is 11.5 Å². The lowest BCUT2D eigenvalue weighted by Gasteiger charge is -2.33. The maximum absolute atomic E-state index is 14.8. The third-order valence-corrected chi connectivity index (χ3v) is 9.06. The lowest BCUT2D eigenvalue weighted by atomic mass is 9.88. The zero-order valence-corrected chi connectivity index (χ0v) is 25.1. The summed E-state index contributed by atoms with van der Waals surface area (Å²) in [6, 6.07) is 10.4. The van der Waals surface area contributed by atoms with E-state index in [1.54, 1.807) is 19.1 Å². The Balaban J connectivity index is 1.07. The first-order chi connectivity index (χ1) is 21.2. The van der Waals surface area contributed by atoms with Gasteiger partial charge in [-0.25, -0.2) is 19.2 Å². The van der Waals surface area contributed by atoms with Gasteiger partial charge in [-0.1, -0.05) is 23.7 Å². The van der Waals surface area contributed by atoms with Crippen molar-refractivity contribution in [3.63, 3.8) is 0 Å². The second-order valence-electron chi connectivity index (χ2n) is 11.7. The van der Waals surface area contributed by atoms with Gasteiger partial charge in [0.05, 0.1) is 24.8 Å². The number of ether oxygens (including phenoxy) is 3. The molecule has 2 aromatic heterocycles. The van der Waals surface area contributed by atoms with Gasteiger partial charge in [0.2, 0.25) is 5.89 Å². The normalized spacial score (nSPS) is 21.9. The van der Waals surface area contributed by atoms with E-state index in [1.165, 1.54) is 6.07 Å². The number of piperidine rings is 1. The van der Waals surface area contributed by atoms with Crippen molar-refractivity contribution in [1.82, 2.24) is 19.4 Å². The summed E-state index contributed by atoms with van der Waals surface area (Å²) in [5.74, 6) is -0.367. The molecule has 230 valence electrons. The summed E-state index contributed by atoms with van der Waals surface area (Å²) < 4.78 is 40.7. The predicted octanol–water partition coefficient (Wildman–Crippen LogP) is 6.15. The molecule has 5 heterocycles. The van der Waals surface area contributed by atoms with Gasteiger partial charge in [-0.2, -0.15) is 0 Å². The van der Waals surface area contributed by atoms with Crippen molar-refractivity contribution in [3.8, 4) is 23.1 Å². The third kappa shape index (κ3) is 5.22. The fraction of sp³-hybridized carbons (Fsp3) is 0.406. The highest BCUT2D eigenvalue weighted by Crippen LogP contribution is 2.50. The number of carboxylic acid groups (broad SMARTS) is 1. The van der Waals surface area contributed by atoms with Crippen LogP contribution in [-0.4, -0.2) is 56.3 Å². The molecule has 0 bridgehead atoms. The van der Waals surface area contributed by atoms with E-state index in [4.69, 9.17) is 35.2 Å². The molecule has 3 aliphatic heterocycles. The van der Waals surface area contributed by atoms with Crippen LogP contribution in [-0.2, 0) is 23.6 Å². The van der Waals surface area contributed by atoms with Gasteiger partial charge in [0.1, 0.15) is 23.6 Å². The molecule has 2 saturated heterocycles. The Morgan fingerprint density at radius 2 is 1.95 bits per heavy atom. The van der Waals surface area contributed by atoms with Gasteiger partial charge < -0.3 is 28.3 Å². The van der Waals surface area contributed by atoms with Crippen LogP contribution >= 0.6 is 11.6 Å². The number of carboxylic acids is 1. The first kappa shape index (κ1) is 28.8. The van der Waals surface area contributed by atoms with Crippen molar-refractivity contribution in [2.24, 2.45) is 0 Å². The van der Waals surface area contributed by atoms with Crippen molar-refractivity contribution in [2.75, 3.05) is 19.7 Å². The van der Waals surface area contributed by atoms with Crippen LogP contribution in [0.2, 0.25) is 5.02 Å². The van der Waals surface area contributed by atoms with E-state index in [0.717, 1.165) is 62.3 Å². The van der Waals surface area contributed by atoms with E-state index < -0.39 is 17.6 Å². The van der Waals surface area contributed by atoms with Crippen LogP contribution in [0.15, 0.2) is 47.1 Å². The standard InChI is InChI=1S/C32H32ClFN4O6/c1-18-28(30-35-25(17-42-30)31(39)40)36-27(38(18)15-21-10-13-41-21)16-37-11-8-19(9-12-37)22-4-3-5-26-29(22)44-32(2,43-26)23-7-6-20(33)14-24(23)34/h3-7,14,17,19,21H,8-13,15-16H2,1-2H3,(H,39,40). The van der Waals surface area contributed by atoms with Gasteiger partial charge in [0.15, 0.2) is 17.2 Å². The number of halogens is 2. The average Bonchev–Trinajstić information content (AvgIpc) is 3.67. The number of aromatic carboxylic acids is 1. The quantitative estimate of drug-likeness (QED) is 0.247. The second kappa shape index (κ2) is 11.2. The lowest BCUT2D eigenvalue weighted by molar-refractivity contribution is -0.0712. The third-order valence-electron chi connectivity index (χ3n) is 8.83. The number of hydrogen-bond donors (Lipinski definition) is 1. The van der Waals surface area contributed by atoms with Gasteiger partial charge in [-0.3, -0.25) is 4.90 Å². The molecule has 0 spiro atoms. The summed E-state index contributed by atoms with van der Waals surface area (Å²) in [5, 5.41) is 9.61. The molecule has 1 N–H and O–H groups in total. The molecule has 0 amide bonds. The first-order valence-corrected chi connectivity index (χ1v) is 15.1. The van der Waals surface area contributed by atoms with Gasteiger partial charge >= 0.3 is 5.97 Å². The maximum atomic E-state index is 14.8. The Morgan fingerprint density at radius 3 is 2.64 bits per heavy atom. The number of hydrogen-bond acceptors (Lipinski definition) is 8. The molecule has 3 aliphatic rings. The van der Waals surface area contributed by atoms with Gasteiger partial charge in [-0.05, 0) is 69.5 Å². The molecule has 0 radical (unpaired) electrons. The Bertz CT molecular complexity index is 1730. The van der Waals surface area contributed by atoms with Crippen LogP contribution < -0.4 is 9.47 Å². The Hall–Kier alpha value is -3.93. The summed E-state index contributed by atoms with van der Waals surface area (Å²) in [4.78, 5) is 22.7. The SMILES string of the molecule is Cc1c(-c2nc(C(=O)O)co2)nc(CN2CCC(c3cccc4c3OC(C)(c3ccc(Cl)cc3F)O4)CC2)n1CC1CCO1. The van der Waals surface area contributed by atoms with E-state index in [9.17, 15) is 14.3 Å². The zero-order chi connectivity index (χ0) is 30.6. The summed E-state index contributed by atoms with van der Waals surface area (Å²) in [6.45, 7) is 7.37. The van der Waals surface area contributed by atoms with Crippen LogP contribution in [0.4, 0.5) is 4.39 Å². The Morgan fingerprint density at radius 1 is 1.16 bits per heavy atom. The largest absolute Gasteiger partial charge is 0.476 e. The van der Waals surface area contributed by atoms with E-state index >= 15 is 0 Å². The Kier molecular flexibility index (Phi) is 7.34. The molecule has 10 nitrogen and oxygen atoms in total. The molecule has 2 atom stereocenters. The number of carbonyl (C=O) groups is 1. The highest BCUT2D eigenvalue weighted by Gasteiger charge is 2.43. The minimum atomic E-state index is -1.29. The average molecular weight is 623 g/mol. The number of oxazole rings is 1. The van der Waals surface area contributed by atoms with E-state index in [0.29, 0.717) is 40.9 Å². The number of imidazole rings is 1. The highest BCUT2D eigenvalue weighted by atomic mass is 35.5. The summed E-state index contributed by atoms with van der Waals surface area (Å²) >= 11 is 5.97. The van der Waals surface area contributed by atoms with Crippen molar-refractivity contribution in [3.05, 3.63) is 81.8 Å². The lowest BCUT2D eigenvalue weighted by Crippen LogP contribution is -2.35. The zero-order valence-electron chi connectivity index (χ0n) is 24.4. The molecule has 4 aromatic rings. The van der Waals surface area contributed by atoms with Crippen molar-refractivity contribution in [1.29, 1.82) is 0 Å². The molecular weight excluding hydrogens is 591 g/mol. The van der Waals surface area contributed by atoms with Crippen LogP contribution in [0.1, 0.15) is 65.2 Å². The summed E-state index contributed by atoms with van der Waals surface area (Å²) in [7, 11) is 0. The Labute approximate surface area is 258 Å². The van der Waals surface area contributed by atoms with Gasteiger partial charge in [0, 0.05) is 29.8 Å². The minimum absolute atomic E-state index is 0.119. The molecule has 0 saturated carbocycles. The molecular formula is C32H32ClFN4O6. The molecule has 2 fully saturated rings. The van der Waals surface area contributed by atoms with Crippen molar-refractivity contribution in [2.45, 2.75) is 64.0 Å². The highest BCUT2D eigenvalue weighted by molar-refractivity contribution is 6.30. The topological polar surface area (TPSA) is 112 Å². The number of fused-ring (bicyclic) bond motifs is 1. The fourth-order valence-electron chi connectivity index (χ4n) is 6.31. The summed E-state index contributed by atoms with van der Waals surface area (Å²) in [5.41, 5.74) is 2.60. The number of nitrogens with zero attached hydrogens (tertiary/aromatic N) is 4. The maximum Gasteiger partial charge on any atom is 0.357 e. The number of rotatable bonds is 8. The van der Waals surface area contributed by atoms with Crippen molar-refractivity contribution < 1.29 is 32.9 Å². The monoisotopic (exact) mass is 622 g/mol. The minimum Gasteiger partial charge on any atom is -0.476 e. The predicted molar refractivity (Wildman–Crippen MR) is 157 cm³/mol. The smallest absolute Gasteiger partial charge is 0.357 e. The number of aromatic nitrogens is 3. The van der Waals surface area contributed by atoms with E-state index in [-0.39, 0.29) is 23.6 Å². The summed E-state index contributed by atoms with van der Waals surface area (Å²) in [6.07, 6.45) is 4.03. The first-order valence-electron chi connectivity index (χ1n) is 14.7. The molecule has 7 rings (SSSR count). The van der Waals surface area contributed by atoms with Crippen LogP contribution in [0.3, 0.4) is 0 Å². The number of benzene rings is 2.